The third-order valence-corrected chi connectivity index (χ3v) is 5.77. The first-order valence-corrected chi connectivity index (χ1v) is 11.6. The summed E-state index contributed by atoms with van der Waals surface area (Å²) in [6, 6.07) is 21.1. The monoisotopic (exact) mass is 472 g/mol. The van der Waals surface area contributed by atoms with E-state index in [1.807, 2.05) is 46.6 Å². The summed E-state index contributed by atoms with van der Waals surface area (Å²) in [7, 11) is 0. The van der Waals surface area contributed by atoms with Gasteiger partial charge in [-0.05, 0) is 35.2 Å². The normalized spacial score (nSPS) is 10.9. The van der Waals surface area contributed by atoms with Crippen LogP contribution in [-0.4, -0.2) is 28.2 Å². The number of anilines is 1. The van der Waals surface area contributed by atoms with E-state index >= 15 is 0 Å². The van der Waals surface area contributed by atoms with Crippen molar-refractivity contribution in [3.8, 4) is 16.3 Å². The molecule has 0 saturated carbocycles. The van der Waals surface area contributed by atoms with Gasteiger partial charge in [0.2, 0.25) is 11.8 Å². The quantitative estimate of drug-likeness (QED) is 0.330. The third kappa shape index (κ3) is 6.20. The van der Waals surface area contributed by atoms with Crippen LogP contribution in [-0.2, 0) is 16.1 Å². The van der Waals surface area contributed by atoms with Crippen molar-refractivity contribution in [2.45, 2.75) is 13.0 Å². The highest BCUT2D eigenvalue weighted by molar-refractivity contribution is 7.13. The van der Waals surface area contributed by atoms with Crippen molar-refractivity contribution in [2.75, 3.05) is 11.9 Å². The molecule has 0 unspecified atom stereocenters. The van der Waals surface area contributed by atoms with Gasteiger partial charge in [0, 0.05) is 17.8 Å². The maximum atomic E-state index is 12.7. The minimum absolute atomic E-state index is 0.0979. The first-order valence-electron chi connectivity index (χ1n) is 10.7. The summed E-state index contributed by atoms with van der Waals surface area (Å²) in [5, 5.41) is 9.59. The van der Waals surface area contributed by atoms with E-state index in [0.29, 0.717) is 18.0 Å². The molecule has 0 radical (unpaired) electrons. The number of aromatic nitrogens is 2. The molecular formula is C26H24N4O3S. The van der Waals surface area contributed by atoms with E-state index in [-0.39, 0.29) is 18.9 Å². The molecule has 2 aromatic heterocycles. The Labute approximate surface area is 201 Å². The SMILES string of the molecule is NC(=O)CCOc1ccccc1NC(=O)C=Cc1cn(Cc2ccccc2)nc1-c1cccs1. The summed E-state index contributed by atoms with van der Waals surface area (Å²) >= 11 is 1.60. The molecular weight excluding hydrogens is 448 g/mol. The molecule has 2 aromatic carbocycles. The predicted molar refractivity (Wildman–Crippen MR) is 134 cm³/mol. The Balaban J connectivity index is 1.50. The fourth-order valence-corrected chi connectivity index (χ4v) is 4.04. The Bertz CT molecular complexity index is 1280. The van der Waals surface area contributed by atoms with Crippen molar-refractivity contribution in [3.05, 3.63) is 95.5 Å². The molecule has 34 heavy (non-hydrogen) atoms. The second-order valence-corrected chi connectivity index (χ2v) is 8.42. The van der Waals surface area contributed by atoms with Gasteiger partial charge in [-0.3, -0.25) is 14.3 Å². The Kier molecular flexibility index (Phi) is 7.52. The van der Waals surface area contributed by atoms with Crippen molar-refractivity contribution < 1.29 is 14.3 Å². The molecule has 2 heterocycles. The van der Waals surface area contributed by atoms with Crippen molar-refractivity contribution in [1.29, 1.82) is 0 Å². The van der Waals surface area contributed by atoms with Crippen molar-refractivity contribution in [1.82, 2.24) is 9.78 Å². The van der Waals surface area contributed by atoms with E-state index in [9.17, 15) is 9.59 Å². The van der Waals surface area contributed by atoms with Gasteiger partial charge in [0.25, 0.3) is 0 Å². The molecule has 0 fully saturated rings. The van der Waals surface area contributed by atoms with Crippen LogP contribution < -0.4 is 15.8 Å². The lowest BCUT2D eigenvalue weighted by Gasteiger charge is -2.10. The Morgan fingerprint density at radius 1 is 1.06 bits per heavy atom. The molecule has 3 N–H and O–H groups in total. The molecule has 0 saturated heterocycles. The molecule has 4 rings (SSSR count). The lowest BCUT2D eigenvalue weighted by Crippen LogP contribution is -2.15. The van der Waals surface area contributed by atoms with Crippen LogP contribution >= 0.6 is 11.3 Å². The number of primary amides is 1. The largest absolute Gasteiger partial charge is 0.491 e. The Morgan fingerprint density at radius 2 is 1.85 bits per heavy atom. The highest BCUT2D eigenvalue weighted by Crippen LogP contribution is 2.28. The van der Waals surface area contributed by atoms with Gasteiger partial charge in [-0.25, -0.2) is 0 Å². The van der Waals surface area contributed by atoms with Gasteiger partial charge in [0.1, 0.15) is 11.4 Å². The number of thiophene rings is 1. The maximum Gasteiger partial charge on any atom is 0.248 e. The molecule has 0 atom stereocenters. The summed E-state index contributed by atoms with van der Waals surface area (Å²) in [6.07, 6.45) is 5.27. The lowest BCUT2D eigenvalue weighted by molar-refractivity contribution is -0.118. The van der Waals surface area contributed by atoms with Crippen LogP contribution in [0.5, 0.6) is 5.75 Å². The number of rotatable bonds is 10. The number of nitrogens with one attached hydrogen (secondary N) is 1. The molecule has 8 heteroatoms. The molecule has 0 aliphatic heterocycles. The van der Waals surface area contributed by atoms with E-state index in [4.69, 9.17) is 15.6 Å². The van der Waals surface area contributed by atoms with Crippen LogP contribution in [0.4, 0.5) is 5.69 Å². The number of nitrogens with two attached hydrogens (primary N) is 1. The Morgan fingerprint density at radius 3 is 2.62 bits per heavy atom. The van der Waals surface area contributed by atoms with Crippen LogP contribution in [0.1, 0.15) is 17.5 Å². The van der Waals surface area contributed by atoms with Gasteiger partial charge < -0.3 is 15.8 Å². The maximum absolute atomic E-state index is 12.7. The number of para-hydroxylation sites is 2. The standard InChI is InChI=1S/C26H24N4O3S/c27-24(31)14-15-33-22-10-5-4-9-21(22)28-25(32)13-12-20-18-30(17-19-7-2-1-3-8-19)29-26(20)23-11-6-16-34-23/h1-13,16,18H,14-15,17H2,(H2,27,31)(H,28,32). The first-order chi connectivity index (χ1) is 16.6. The summed E-state index contributed by atoms with van der Waals surface area (Å²) in [4.78, 5) is 24.6. The fourth-order valence-electron chi connectivity index (χ4n) is 3.31. The first kappa shape index (κ1) is 23.0. The van der Waals surface area contributed by atoms with Gasteiger partial charge in [0.15, 0.2) is 0 Å². The zero-order valence-electron chi connectivity index (χ0n) is 18.4. The van der Waals surface area contributed by atoms with E-state index in [0.717, 1.165) is 21.7 Å². The van der Waals surface area contributed by atoms with Crippen LogP contribution in [0.3, 0.4) is 0 Å². The van der Waals surface area contributed by atoms with Crippen molar-refractivity contribution in [2.24, 2.45) is 5.73 Å². The zero-order valence-corrected chi connectivity index (χ0v) is 19.2. The number of benzene rings is 2. The molecule has 172 valence electrons. The van der Waals surface area contributed by atoms with Gasteiger partial charge in [-0.1, -0.05) is 48.5 Å². The number of carbonyl (C=O) groups excluding carboxylic acids is 2. The van der Waals surface area contributed by atoms with Crippen LogP contribution in [0.2, 0.25) is 0 Å². The fraction of sp³-hybridized carbons (Fsp3) is 0.115. The minimum atomic E-state index is -0.446. The summed E-state index contributed by atoms with van der Waals surface area (Å²) in [6.45, 7) is 0.776. The van der Waals surface area contributed by atoms with E-state index in [2.05, 4.69) is 17.4 Å². The third-order valence-electron chi connectivity index (χ3n) is 4.90. The second-order valence-electron chi connectivity index (χ2n) is 7.48. The smallest absolute Gasteiger partial charge is 0.248 e. The van der Waals surface area contributed by atoms with Gasteiger partial charge in [-0.15, -0.1) is 11.3 Å². The molecule has 0 bridgehead atoms. The van der Waals surface area contributed by atoms with Crippen LogP contribution in [0, 0.1) is 0 Å². The molecule has 0 aliphatic carbocycles. The molecule has 7 nitrogen and oxygen atoms in total. The summed E-state index contributed by atoms with van der Waals surface area (Å²) < 4.78 is 7.47. The number of ether oxygens (including phenoxy) is 1. The van der Waals surface area contributed by atoms with Crippen molar-refractivity contribution >= 4 is 34.9 Å². The minimum Gasteiger partial charge on any atom is -0.491 e. The summed E-state index contributed by atoms with van der Waals surface area (Å²) in [5.74, 6) is -0.279. The highest BCUT2D eigenvalue weighted by atomic mass is 32.1. The van der Waals surface area contributed by atoms with Gasteiger partial charge >= 0.3 is 0 Å². The number of carbonyl (C=O) groups is 2. The average molecular weight is 473 g/mol. The Hall–Kier alpha value is -4.17. The van der Waals surface area contributed by atoms with E-state index in [1.54, 1.807) is 41.7 Å². The topological polar surface area (TPSA) is 99.2 Å². The second kappa shape index (κ2) is 11.1. The summed E-state index contributed by atoms with van der Waals surface area (Å²) in [5.41, 5.74) is 8.49. The van der Waals surface area contributed by atoms with E-state index in [1.165, 1.54) is 6.08 Å². The number of hydrogen-bond donors (Lipinski definition) is 2. The number of nitrogens with zero attached hydrogens (tertiary/aromatic N) is 2. The lowest BCUT2D eigenvalue weighted by atomic mass is 10.2. The van der Waals surface area contributed by atoms with E-state index < -0.39 is 5.91 Å². The highest BCUT2D eigenvalue weighted by Gasteiger charge is 2.12. The number of amides is 2. The van der Waals surface area contributed by atoms with Crippen LogP contribution in [0.25, 0.3) is 16.6 Å². The molecule has 0 aliphatic rings. The van der Waals surface area contributed by atoms with Crippen LogP contribution in [0.15, 0.2) is 84.4 Å². The molecule has 2 amide bonds. The van der Waals surface area contributed by atoms with Gasteiger partial charge in [0.05, 0.1) is 30.1 Å². The van der Waals surface area contributed by atoms with Gasteiger partial charge in [-0.2, -0.15) is 5.10 Å². The molecule has 4 aromatic rings. The van der Waals surface area contributed by atoms with Crippen molar-refractivity contribution in [3.63, 3.8) is 0 Å². The average Bonchev–Trinajstić information content (AvgIpc) is 3.49. The zero-order chi connectivity index (χ0) is 23.8. The number of hydrogen-bond acceptors (Lipinski definition) is 5. The predicted octanol–water partition coefficient (Wildman–Crippen LogP) is 4.57. The molecule has 0 spiro atoms.